The van der Waals surface area contributed by atoms with Gasteiger partial charge in [-0.1, -0.05) is 35.4 Å². The molecule has 0 aliphatic heterocycles. The summed E-state index contributed by atoms with van der Waals surface area (Å²) in [4.78, 5) is 0. The number of aromatic nitrogens is 2. The number of nitrogens with one attached hydrogen (secondary N) is 1. The van der Waals surface area contributed by atoms with E-state index < -0.39 is 0 Å². The van der Waals surface area contributed by atoms with Gasteiger partial charge in [0.2, 0.25) is 0 Å². The summed E-state index contributed by atoms with van der Waals surface area (Å²) in [5, 5.41) is 7.80. The Balaban J connectivity index is 2.05. The van der Waals surface area contributed by atoms with Crippen molar-refractivity contribution in [2.75, 3.05) is 11.0 Å². The summed E-state index contributed by atoms with van der Waals surface area (Å²) in [7, 11) is 2.00. The molecule has 0 bridgehead atoms. The number of hydrogen-bond acceptors (Lipinski definition) is 2. The molecule has 3 nitrogen and oxygen atoms in total. The number of alkyl halides is 1. The lowest BCUT2D eigenvalue weighted by molar-refractivity contribution is 0.578. The van der Waals surface area contributed by atoms with Gasteiger partial charge in [-0.3, -0.25) is 4.68 Å². The van der Waals surface area contributed by atoms with Gasteiger partial charge < -0.3 is 5.32 Å². The van der Waals surface area contributed by atoms with Crippen LogP contribution in [0.25, 0.3) is 0 Å². The molecule has 0 atom stereocenters. The van der Waals surface area contributed by atoms with Crippen LogP contribution in [0.1, 0.15) is 37.1 Å². The highest BCUT2D eigenvalue weighted by Gasteiger charge is 2.00. The van der Waals surface area contributed by atoms with E-state index in [0.29, 0.717) is 0 Å². The van der Waals surface area contributed by atoms with E-state index in [9.17, 15) is 0 Å². The van der Waals surface area contributed by atoms with Crippen molar-refractivity contribution in [1.82, 2.24) is 15.1 Å². The fourth-order valence-corrected chi connectivity index (χ4v) is 2.28. The van der Waals surface area contributed by atoms with Crippen LogP contribution in [0, 0.1) is 6.92 Å². The quantitative estimate of drug-likeness (QED) is 0.450. The van der Waals surface area contributed by atoms with Crippen molar-refractivity contribution in [2.24, 2.45) is 7.05 Å². The molecule has 0 aliphatic carbocycles. The molecule has 1 N–H and O–H groups in total. The summed E-state index contributed by atoms with van der Waals surface area (Å²) in [5.41, 5.74) is 2.37. The predicted octanol–water partition coefficient (Wildman–Crippen LogP) is 2.81. The molecular formula is C12H22IN3. The Labute approximate surface area is 112 Å². The predicted molar refractivity (Wildman–Crippen MR) is 77.0 cm³/mol. The molecule has 4 heteroatoms. The molecule has 0 spiro atoms. The van der Waals surface area contributed by atoms with E-state index in [1.54, 1.807) is 0 Å². The number of halogens is 1. The molecule has 1 heterocycles. The van der Waals surface area contributed by atoms with Crippen molar-refractivity contribution < 1.29 is 0 Å². The van der Waals surface area contributed by atoms with Gasteiger partial charge in [-0.25, -0.2) is 0 Å². The van der Waals surface area contributed by atoms with Gasteiger partial charge in [-0.05, 0) is 36.8 Å². The summed E-state index contributed by atoms with van der Waals surface area (Å²) < 4.78 is 3.25. The minimum atomic E-state index is 0.934. The number of rotatable bonds is 8. The van der Waals surface area contributed by atoms with Crippen molar-refractivity contribution in [2.45, 2.75) is 39.2 Å². The van der Waals surface area contributed by atoms with E-state index in [1.807, 2.05) is 18.7 Å². The molecule has 1 aromatic heterocycles. The van der Waals surface area contributed by atoms with Crippen LogP contribution in [-0.4, -0.2) is 20.8 Å². The molecule has 0 aliphatic rings. The Hall–Kier alpha value is -0.100. The highest BCUT2D eigenvalue weighted by atomic mass is 127. The van der Waals surface area contributed by atoms with Crippen LogP contribution in [0.15, 0.2) is 6.07 Å². The first kappa shape index (κ1) is 14.0. The van der Waals surface area contributed by atoms with Crippen LogP contribution in [-0.2, 0) is 13.6 Å². The van der Waals surface area contributed by atoms with E-state index >= 15 is 0 Å². The lowest BCUT2D eigenvalue weighted by atomic mass is 10.2. The summed E-state index contributed by atoms with van der Waals surface area (Å²) in [6.45, 7) is 4.09. The smallest absolute Gasteiger partial charge is 0.0597 e. The third kappa shape index (κ3) is 5.30. The van der Waals surface area contributed by atoms with Crippen LogP contribution in [0.2, 0.25) is 0 Å². The van der Waals surface area contributed by atoms with Crippen molar-refractivity contribution in [3.05, 3.63) is 17.5 Å². The lowest BCUT2D eigenvalue weighted by Crippen LogP contribution is -2.16. The number of unbranched alkanes of at least 4 members (excludes halogenated alkanes) is 3. The molecule has 0 aromatic carbocycles. The normalized spacial score (nSPS) is 10.9. The van der Waals surface area contributed by atoms with Gasteiger partial charge in [0.15, 0.2) is 0 Å². The maximum absolute atomic E-state index is 4.33. The van der Waals surface area contributed by atoms with Gasteiger partial charge in [0.1, 0.15) is 0 Å². The van der Waals surface area contributed by atoms with Crippen LogP contribution in [0.5, 0.6) is 0 Å². The van der Waals surface area contributed by atoms with Crippen LogP contribution in [0.4, 0.5) is 0 Å². The highest BCUT2D eigenvalue weighted by molar-refractivity contribution is 14.1. The fourth-order valence-electron chi connectivity index (χ4n) is 1.74. The minimum Gasteiger partial charge on any atom is -0.311 e. The summed E-state index contributed by atoms with van der Waals surface area (Å²) >= 11 is 2.44. The highest BCUT2D eigenvalue weighted by Crippen LogP contribution is 2.03. The molecule has 1 rings (SSSR count). The van der Waals surface area contributed by atoms with Gasteiger partial charge in [0, 0.05) is 13.6 Å². The van der Waals surface area contributed by atoms with Gasteiger partial charge in [-0.15, -0.1) is 0 Å². The minimum absolute atomic E-state index is 0.934. The van der Waals surface area contributed by atoms with Gasteiger partial charge in [-0.2, -0.15) is 5.10 Å². The Bertz CT molecular complexity index is 296. The molecule has 0 saturated carbocycles. The Kier molecular flexibility index (Phi) is 7.03. The van der Waals surface area contributed by atoms with Crippen molar-refractivity contribution in [1.29, 1.82) is 0 Å². The van der Waals surface area contributed by atoms with Gasteiger partial charge >= 0.3 is 0 Å². The number of hydrogen-bond donors (Lipinski definition) is 1. The summed E-state index contributed by atoms with van der Waals surface area (Å²) in [6.07, 6.45) is 5.37. The third-order valence-electron chi connectivity index (χ3n) is 2.64. The number of nitrogens with zero attached hydrogens (tertiary/aromatic N) is 2. The lowest BCUT2D eigenvalue weighted by Gasteiger charge is -2.04. The fraction of sp³-hybridized carbons (Fsp3) is 0.750. The molecular weight excluding hydrogens is 313 g/mol. The topological polar surface area (TPSA) is 29.9 Å². The molecule has 0 fully saturated rings. The second-order valence-electron chi connectivity index (χ2n) is 4.18. The largest absolute Gasteiger partial charge is 0.311 e. The summed E-state index contributed by atoms with van der Waals surface area (Å²) in [5.74, 6) is 0. The Morgan fingerprint density at radius 3 is 2.69 bits per heavy atom. The van der Waals surface area contributed by atoms with Crippen molar-refractivity contribution in [3.63, 3.8) is 0 Å². The Morgan fingerprint density at radius 1 is 1.31 bits per heavy atom. The molecule has 0 saturated heterocycles. The van der Waals surface area contributed by atoms with E-state index in [1.165, 1.54) is 35.8 Å². The van der Waals surface area contributed by atoms with Crippen molar-refractivity contribution in [3.8, 4) is 0 Å². The molecule has 1 aromatic rings. The zero-order chi connectivity index (χ0) is 11.8. The second-order valence-corrected chi connectivity index (χ2v) is 5.26. The Morgan fingerprint density at radius 2 is 2.06 bits per heavy atom. The monoisotopic (exact) mass is 335 g/mol. The first-order chi connectivity index (χ1) is 7.74. The maximum atomic E-state index is 4.33. The van der Waals surface area contributed by atoms with E-state index in [0.717, 1.165) is 18.8 Å². The first-order valence-electron chi connectivity index (χ1n) is 6.00. The average Bonchev–Trinajstić information content (AvgIpc) is 2.56. The third-order valence-corrected chi connectivity index (χ3v) is 3.40. The van der Waals surface area contributed by atoms with Crippen LogP contribution in [0.3, 0.4) is 0 Å². The second kappa shape index (κ2) is 8.06. The zero-order valence-electron chi connectivity index (χ0n) is 10.3. The van der Waals surface area contributed by atoms with Crippen LogP contribution < -0.4 is 5.32 Å². The average molecular weight is 335 g/mol. The molecule has 0 amide bonds. The van der Waals surface area contributed by atoms with E-state index in [4.69, 9.17) is 0 Å². The van der Waals surface area contributed by atoms with Crippen LogP contribution >= 0.6 is 22.6 Å². The zero-order valence-corrected chi connectivity index (χ0v) is 12.5. The standard InChI is InChI=1S/C12H22IN3/c1-11-9-12(16(2)15-11)10-14-8-6-4-3-5-7-13/h9,14H,3-8,10H2,1-2H3. The summed E-state index contributed by atoms with van der Waals surface area (Å²) in [6, 6.07) is 2.14. The van der Waals surface area contributed by atoms with Crippen molar-refractivity contribution >= 4 is 22.6 Å². The van der Waals surface area contributed by atoms with E-state index in [2.05, 4.69) is 39.1 Å². The van der Waals surface area contributed by atoms with Gasteiger partial charge in [0.05, 0.1) is 11.4 Å². The molecule has 92 valence electrons. The first-order valence-corrected chi connectivity index (χ1v) is 7.53. The number of aryl methyl sites for hydroxylation is 2. The molecule has 16 heavy (non-hydrogen) atoms. The van der Waals surface area contributed by atoms with Gasteiger partial charge in [0.25, 0.3) is 0 Å². The molecule has 0 radical (unpaired) electrons. The SMILES string of the molecule is Cc1cc(CNCCCCCCI)n(C)n1. The molecule has 0 unspecified atom stereocenters. The maximum Gasteiger partial charge on any atom is 0.0597 e. The van der Waals surface area contributed by atoms with E-state index in [-0.39, 0.29) is 0 Å².